The van der Waals surface area contributed by atoms with Gasteiger partial charge in [0.2, 0.25) is 5.75 Å². The van der Waals surface area contributed by atoms with Crippen LogP contribution in [0, 0.1) is 45.4 Å². The molecule has 11 heteroatoms. The number of ether oxygens (including phenoxy) is 1. The summed E-state index contributed by atoms with van der Waals surface area (Å²) in [6.07, 6.45) is 1.39. The Labute approximate surface area is 181 Å². The van der Waals surface area contributed by atoms with Crippen LogP contribution in [0.25, 0.3) is 6.08 Å². The zero-order valence-corrected chi connectivity index (χ0v) is 16.9. The van der Waals surface area contributed by atoms with Gasteiger partial charge in [-0.05, 0) is 49.8 Å². The smallest absolute Gasteiger partial charge is 0.318 e. The second-order valence-corrected chi connectivity index (χ2v) is 6.65. The molecule has 0 saturated heterocycles. The number of nitro groups is 2. The van der Waals surface area contributed by atoms with E-state index in [4.69, 9.17) is 4.74 Å². The third kappa shape index (κ3) is 4.65. The first-order chi connectivity index (χ1) is 15.2. The lowest BCUT2D eigenvalue weighted by Gasteiger charge is -2.07. The Morgan fingerprint density at radius 2 is 1.78 bits per heavy atom. The summed E-state index contributed by atoms with van der Waals surface area (Å²) in [5, 5.41) is 35.5. The Hall–Kier alpha value is -4.85. The highest BCUT2D eigenvalue weighted by atomic mass is 16.6. The molecule has 3 rings (SSSR count). The summed E-state index contributed by atoms with van der Waals surface area (Å²) in [6.45, 7) is 3.44. The van der Waals surface area contributed by atoms with E-state index in [0.717, 1.165) is 22.9 Å². The third-order valence-corrected chi connectivity index (χ3v) is 4.32. The molecule has 0 aliphatic carbocycles. The van der Waals surface area contributed by atoms with Crippen molar-refractivity contribution in [2.24, 2.45) is 0 Å². The number of aryl methyl sites for hydroxylation is 2. The minimum atomic E-state index is -0.775. The molecule has 0 aliphatic heterocycles. The van der Waals surface area contributed by atoms with Crippen LogP contribution in [0.5, 0.6) is 11.5 Å². The van der Waals surface area contributed by atoms with E-state index in [1.165, 1.54) is 18.2 Å². The highest BCUT2D eigenvalue weighted by Crippen LogP contribution is 2.34. The van der Waals surface area contributed by atoms with Crippen LogP contribution in [0.1, 0.15) is 21.7 Å². The Balaban J connectivity index is 1.84. The molecule has 0 bridgehead atoms. The van der Waals surface area contributed by atoms with Crippen molar-refractivity contribution in [3.8, 4) is 17.6 Å². The summed E-state index contributed by atoms with van der Waals surface area (Å²) in [7, 11) is 0. The minimum absolute atomic E-state index is 0.129. The first-order valence-electron chi connectivity index (χ1n) is 9.10. The fourth-order valence-electron chi connectivity index (χ4n) is 2.86. The average Bonchev–Trinajstić information content (AvgIpc) is 3.10. The van der Waals surface area contributed by atoms with E-state index in [2.05, 4.69) is 5.10 Å². The fraction of sp³-hybridized carbons (Fsp3) is 0.0952. The molecule has 0 saturated carbocycles. The second kappa shape index (κ2) is 8.88. The number of hydrogen-bond acceptors (Lipinski definition) is 8. The van der Waals surface area contributed by atoms with Crippen molar-refractivity contribution in [1.82, 2.24) is 9.78 Å². The van der Waals surface area contributed by atoms with Crippen LogP contribution in [-0.2, 0) is 0 Å². The number of aromatic nitrogens is 2. The van der Waals surface area contributed by atoms with Crippen molar-refractivity contribution in [1.29, 1.82) is 5.26 Å². The highest BCUT2D eigenvalue weighted by Gasteiger charge is 2.21. The number of benzene rings is 2. The molecule has 0 amide bonds. The summed E-state index contributed by atoms with van der Waals surface area (Å²) in [4.78, 5) is 33.1. The molecule has 3 aromatic rings. The molecule has 2 aromatic carbocycles. The quantitative estimate of drug-likeness (QED) is 0.240. The Morgan fingerprint density at radius 3 is 2.31 bits per heavy atom. The van der Waals surface area contributed by atoms with Gasteiger partial charge < -0.3 is 4.74 Å². The molecular formula is C21H15N5O6. The van der Waals surface area contributed by atoms with Gasteiger partial charge in [-0.1, -0.05) is 12.1 Å². The predicted octanol–water partition coefficient (Wildman–Crippen LogP) is 4.36. The van der Waals surface area contributed by atoms with Crippen LogP contribution < -0.4 is 4.74 Å². The zero-order valence-electron chi connectivity index (χ0n) is 16.9. The number of carbonyl (C=O) groups excluding carboxylic acids is 1. The summed E-state index contributed by atoms with van der Waals surface area (Å²) in [5.41, 5.74) is 0.654. The van der Waals surface area contributed by atoms with Gasteiger partial charge in [0, 0.05) is 11.8 Å². The van der Waals surface area contributed by atoms with Gasteiger partial charge in [-0.2, -0.15) is 10.4 Å². The monoisotopic (exact) mass is 433 g/mol. The number of non-ortho nitro benzene ring substituents is 1. The lowest BCUT2D eigenvalue weighted by Crippen LogP contribution is -2.15. The molecule has 0 radical (unpaired) electrons. The third-order valence-electron chi connectivity index (χ3n) is 4.32. The van der Waals surface area contributed by atoms with Gasteiger partial charge in [0.05, 0.1) is 21.6 Å². The summed E-state index contributed by atoms with van der Waals surface area (Å²) in [5.74, 6) is -0.510. The molecule has 32 heavy (non-hydrogen) atoms. The van der Waals surface area contributed by atoms with E-state index in [1.807, 2.05) is 6.07 Å². The summed E-state index contributed by atoms with van der Waals surface area (Å²) in [6, 6.07) is 12.7. The van der Waals surface area contributed by atoms with E-state index in [0.29, 0.717) is 17.0 Å². The number of rotatable bonds is 6. The number of carbonyl (C=O) groups is 1. The van der Waals surface area contributed by atoms with Gasteiger partial charge in [-0.15, -0.1) is 0 Å². The SMILES string of the molecule is Cc1cc(C)n(C(=O)/C(C#N)=C/c2ccc(Oc3ccc([N+](=O)[O-])cc3[N+](=O)[O-])cc2)n1. The van der Waals surface area contributed by atoms with Gasteiger partial charge in [0.1, 0.15) is 17.4 Å². The van der Waals surface area contributed by atoms with Crippen molar-refractivity contribution >= 4 is 23.4 Å². The largest absolute Gasteiger partial charge is 0.450 e. The number of nitrogens with zero attached hydrogens (tertiary/aromatic N) is 5. The first-order valence-corrected chi connectivity index (χ1v) is 9.10. The molecule has 1 heterocycles. The average molecular weight is 433 g/mol. The lowest BCUT2D eigenvalue weighted by atomic mass is 10.1. The topological polar surface area (TPSA) is 154 Å². The van der Waals surface area contributed by atoms with E-state index < -0.39 is 27.1 Å². The van der Waals surface area contributed by atoms with E-state index in [1.54, 1.807) is 32.0 Å². The highest BCUT2D eigenvalue weighted by molar-refractivity contribution is 6.03. The Morgan fingerprint density at radius 1 is 1.09 bits per heavy atom. The van der Waals surface area contributed by atoms with Crippen LogP contribution in [0.15, 0.2) is 54.1 Å². The van der Waals surface area contributed by atoms with E-state index in [9.17, 15) is 30.3 Å². The van der Waals surface area contributed by atoms with Gasteiger partial charge in [0.25, 0.3) is 11.6 Å². The number of nitro benzene ring substituents is 2. The molecule has 0 atom stereocenters. The fourth-order valence-corrected chi connectivity index (χ4v) is 2.86. The molecule has 0 aliphatic rings. The van der Waals surface area contributed by atoms with Gasteiger partial charge in [0.15, 0.2) is 0 Å². The van der Waals surface area contributed by atoms with Crippen LogP contribution >= 0.6 is 0 Å². The Kier molecular flexibility index (Phi) is 6.07. The maximum Gasteiger partial charge on any atom is 0.318 e. The molecule has 11 nitrogen and oxygen atoms in total. The van der Waals surface area contributed by atoms with Crippen LogP contribution in [0.3, 0.4) is 0 Å². The zero-order chi connectivity index (χ0) is 23.4. The number of hydrogen-bond donors (Lipinski definition) is 0. The standard InChI is InChI=1S/C21H15N5O6/c1-13-9-14(2)24(23-13)21(27)16(12-22)10-15-3-6-18(7-4-15)32-20-8-5-17(25(28)29)11-19(20)26(30)31/h3-11H,1-2H3/b16-10+. The maximum atomic E-state index is 12.6. The van der Waals surface area contributed by atoms with Crippen molar-refractivity contribution in [3.63, 3.8) is 0 Å². The minimum Gasteiger partial charge on any atom is -0.450 e. The van der Waals surface area contributed by atoms with Crippen LogP contribution in [0.2, 0.25) is 0 Å². The van der Waals surface area contributed by atoms with Gasteiger partial charge in [-0.3, -0.25) is 25.0 Å². The molecule has 0 unspecified atom stereocenters. The normalized spacial score (nSPS) is 11.0. The first kappa shape index (κ1) is 21.8. The lowest BCUT2D eigenvalue weighted by molar-refractivity contribution is -0.394. The Bertz CT molecular complexity index is 1300. The maximum absolute atomic E-state index is 12.6. The van der Waals surface area contributed by atoms with Gasteiger partial charge in [-0.25, -0.2) is 4.68 Å². The summed E-state index contributed by atoms with van der Waals surface area (Å²) < 4.78 is 6.64. The van der Waals surface area contributed by atoms with Gasteiger partial charge >= 0.3 is 5.69 Å². The van der Waals surface area contributed by atoms with E-state index in [-0.39, 0.29) is 17.1 Å². The van der Waals surface area contributed by atoms with Crippen molar-refractivity contribution < 1.29 is 19.4 Å². The molecule has 0 spiro atoms. The molecular weight excluding hydrogens is 418 g/mol. The summed E-state index contributed by atoms with van der Waals surface area (Å²) >= 11 is 0. The van der Waals surface area contributed by atoms with Crippen molar-refractivity contribution in [2.45, 2.75) is 13.8 Å². The number of nitriles is 1. The number of allylic oxidation sites excluding steroid dienone is 1. The molecule has 1 aromatic heterocycles. The molecule has 0 N–H and O–H groups in total. The molecule has 0 fully saturated rings. The van der Waals surface area contributed by atoms with Crippen LogP contribution in [-0.4, -0.2) is 25.5 Å². The van der Waals surface area contributed by atoms with Crippen molar-refractivity contribution in [2.75, 3.05) is 0 Å². The molecule has 160 valence electrons. The van der Waals surface area contributed by atoms with Crippen LogP contribution in [0.4, 0.5) is 11.4 Å². The van der Waals surface area contributed by atoms with Crippen molar-refractivity contribution in [3.05, 3.63) is 91.3 Å². The predicted molar refractivity (Wildman–Crippen MR) is 112 cm³/mol. The second-order valence-electron chi connectivity index (χ2n) is 6.65. The van der Waals surface area contributed by atoms with E-state index >= 15 is 0 Å².